The first kappa shape index (κ1) is 19.4. The van der Waals surface area contributed by atoms with Crippen LogP contribution in [0.5, 0.6) is 0 Å². The van der Waals surface area contributed by atoms with Gasteiger partial charge in [0.25, 0.3) is 0 Å². The summed E-state index contributed by atoms with van der Waals surface area (Å²) in [5.41, 5.74) is 7.93. The molecule has 3 aromatic rings. The van der Waals surface area contributed by atoms with Crippen LogP contribution in [-0.4, -0.2) is 43.0 Å². The van der Waals surface area contributed by atoms with E-state index in [9.17, 15) is 4.79 Å². The second-order valence-electron chi connectivity index (χ2n) is 8.34. The largest absolute Gasteiger partial charge is 0.371 e. The molecule has 4 rings (SSSR count). The zero-order valence-corrected chi connectivity index (χ0v) is 17.8. The third-order valence-electron chi connectivity index (χ3n) is 5.87. The van der Waals surface area contributed by atoms with Crippen molar-refractivity contribution in [3.63, 3.8) is 0 Å². The van der Waals surface area contributed by atoms with Crippen LogP contribution in [0.15, 0.2) is 42.5 Å². The molecule has 1 aliphatic heterocycles. The van der Waals surface area contributed by atoms with E-state index in [1.807, 2.05) is 6.07 Å². The van der Waals surface area contributed by atoms with Crippen molar-refractivity contribution >= 4 is 22.5 Å². The van der Waals surface area contributed by atoms with E-state index in [0.717, 1.165) is 40.8 Å². The van der Waals surface area contributed by atoms with Crippen LogP contribution in [0.1, 0.15) is 29.5 Å². The van der Waals surface area contributed by atoms with Crippen LogP contribution < -0.4 is 4.90 Å². The molecule has 4 nitrogen and oxygen atoms in total. The molecule has 4 heteroatoms. The second kappa shape index (κ2) is 7.86. The van der Waals surface area contributed by atoms with Crippen molar-refractivity contribution in [2.75, 3.05) is 32.1 Å². The minimum Gasteiger partial charge on any atom is -0.371 e. The van der Waals surface area contributed by atoms with Crippen molar-refractivity contribution in [1.29, 1.82) is 0 Å². The Balaban J connectivity index is 1.70. The smallest absolute Gasteiger partial charge is 0.226 e. The van der Waals surface area contributed by atoms with Gasteiger partial charge in [-0.3, -0.25) is 4.79 Å². The van der Waals surface area contributed by atoms with Crippen LogP contribution in [0.2, 0.25) is 0 Å². The number of hydrogen-bond acceptors (Lipinski definition) is 3. The number of fused-ring (bicyclic) bond motifs is 1. The number of carbonyl (C=O) groups excluding carboxylic acids is 1. The van der Waals surface area contributed by atoms with Crippen LogP contribution in [0, 0.1) is 13.8 Å². The molecule has 1 saturated heterocycles. The highest BCUT2D eigenvalue weighted by Gasteiger charge is 2.15. The number of hydrogen-bond donors (Lipinski definition) is 0. The number of aromatic nitrogens is 1. The molecule has 1 aliphatic rings. The Hall–Kier alpha value is -2.88. The number of likely N-dealkylation sites (N-methyl/N-ethyl adjacent to an activating group) is 1. The Bertz CT molecular complexity index is 1070. The third kappa shape index (κ3) is 3.98. The molecule has 2 aromatic carbocycles. The van der Waals surface area contributed by atoms with Crippen molar-refractivity contribution < 1.29 is 4.79 Å². The van der Waals surface area contributed by atoms with Crippen molar-refractivity contribution in [2.45, 2.75) is 33.1 Å². The quantitative estimate of drug-likeness (QED) is 0.648. The fourth-order valence-electron chi connectivity index (χ4n) is 4.17. The summed E-state index contributed by atoms with van der Waals surface area (Å²) in [5.74, 6) is 0.102. The molecule has 0 radical (unpaired) electrons. The standard InChI is InChI=1S/C25H29N3O/c1-17-14-22(20-8-10-24(18(2)13-20)28-11-5-6-12-28)26-23-15-19(7-9-21(17)23)16-25(29)27(3)4/h7-10,13-15H,5-6,11-12,16H2,1-4H3. The number of benzene rings is 2. The highest BCUT2D eigenvalue weighted by molar-refractivity contribution is 5.87. The van der Waals surface area contributed by atoms with Gasteiger partial charge in [-0.25, -0.2) is 4.98 Å². The Morgan fingerprint density at radius 1 is 1.00 bits per heavy atom. The van der Waals surface area contributed by atoms with Gasteiger partial charge >= 0.3 is 0 Å². The summed E-state index contributed by atoms with van der Waals surface area (Å²) in [6.07, 6.45) is 2.97. The van der Waals surface area contributed by atoms with Gasteiger partial charge in [-0.1, -0.05) is 18.2 Å². The molecule has 0 aliphatic carbocycles. The second-order valence-corrected chi connectivity index (χ2v) is 8.34. The van der Waals surface area contributed by atoms with E-state index in [1.54, 1.807) is 19.0 Å². The van der Waals surface area contributed by atoms with E-state index in [1.165, 1.54) is 29.7 Å². The Labute approximate surface area is 173 Å². The first-order valence-corrected chi connectivity index (χ1v) is 10.4. The molecule has 1 aromatic heterocycles. The lowest BCUT2D eigenvalue weighted by Gasteiger charge is -2.20. The molecule has 0 unspecified atom stereocenters. The van der Waals surface area contributed by atoms with Crippen LogP contribution in [0.25, 0.3) is 22.2 Å². The van der Waals surface area contributed by atoms with Crippen molar-refractivity contribution in [3.8, 4) is 11.3 Å². The van der Waals surface area contributed by atoms with E-state index >= 15 is 0 Å². The summed E-state index contributed by atoms with van der Waals surface area (Å²) in [7, 11) is 3.58. The fraction of sp³-hybridized carbons (Fsp3) is 0.360. The molecular weight excluding hydrogens is 358 g/mol. The van der Waals surface area contributed by atoms with E-state index in [0.29, 0.717) is 6.42 Å². The molecule has 2 heterocycles. The normalized spacial score (nSPS) is 13.9. The van der Waals surface area contributed by atoms with Gasteiger partial charge < -0.3 is 9.80 Å². The number of carbonyl (C=O) groups is 1. The number of amides is 1. The zero-order valence-electron chi connectivity index (χ0n) is 17.8. The van der Waals surface area contributed by atoms with Crippen molar-refractivity contribution in [2.24, 2.45) is 0 Å². The van der Waals surface area contributed by atoms with E-state index in [-0.39, 0.29) is 5.91 Å². The lowest BCUT2D eigenvalue weighted by molar-refractivity contribution is -0.127. The van der Waals surface area contributed by atoms with Gasteiger partial charge in [-0.15, -0.1) is 0 Å². The molecule has 1 fully saturated rings. The molecule has 29 heavy (non-hydrogen) atoms. The van der Waals surface area contributed by atoms with E-state index in [4.69, 9.17) is 4.98 Å². The number of aryl methyl sites for hydroxylation is 2. The monoisotopic (exact) mass is 387 g/mol. The zero-order chi connectivity index (χ0) is 20.5. The minimum atomic E-state index is 0.102. The van der Waals surface area contributed by atoms with Gasteiger partial charge in [-0.2, -0.15) is 0 Å². The molecule has 0 atom stereocenters. The van der Waals surface area contributed by atoms with Crippen molar-refractivity contribution in [1.82, 2.24) is 9.88 Å². The average molecular weight is 388 g/mol. The maximum Gasteiger partial charge on any atom is 0.226 e. The summed E-state index contributed by atoms with van der Waals surface area (Å²) in [6.45, 7) is 6.63. The highest BCUT2D eigenvalue weighted by Crippen LogP contribution is 2.30. The third-order valence-corrected chi connectivity index (χ3v) is 5.87. The summed E-state index contributed by atoms with van der Waals surface area (Å²) < 4.78 is 0. The predicted molar refractivity (Wildman–Crippen MR) is 120 cm³/mol. The highest BCUT2D eigenvalue weighted by atomic mass is 16.2. The molecule has 0 N–H and O–H groups in total. The van der Waals surface area contributed by atoms with Crippen LogP contribution in [-0.2, 0) is 11.2 Å². The summed E-state index contributed by atoms with van der Waals surface area (Å²) in [4.78, 5) is 21.1. The SMILES string of the molecule is Cc1cc(-c2cc(C)c3ccc(CC(=O)N(C)C)cc3n2)ccc1N1CCCC1. The van der Waals surface area contributed by atoms with Gasteiger partial charge in [0.2, 0.25) is 5.91 Å². The van der Waals surface area contributed by atoms with Gasteiger partial charge in [0.15, 0.2) is 0 Å². The number of pyridine rings is 1. The predicted octanol–water partition coefficient (Wildman–Crippen LogP) is 4.75. The Morgan fingerprint density at radius 2 is 1.76 bits per heavy atom. The summed E-state index contributed by atoms with van der Waals surface area (Å²) >= 11 is 0. The molecular formula is C25H29N3O. The van der Waals surface area contributed by atoms with Crippen molar-refractivity contribution in [3.05, 3.63) is 59.2 Å². The molecule has 0 bridgehead atoms. The van der Waals surface area contributed by atoms with Crippen LogP contribution >= 0.6 is 0 Å². The minimum absolute atomic E-state index is 0.102. The van der Waals surface area contributed by atoms with E-state index in [2.05, 4.69) is 55.1 Å². The molecule has 150 valence electrons. The first-order valence-electron chi connectivity index (χ1n) is 10.4. The van der Waals surface area contributed by atoms with Crippen LogP contribution in [0.3, 0.4) is 0 Å². The first-order chi connectivity index (χ1) is 13.9. The Kier molecular flexibility index (Phi) is 5.27. The average Bonchev–Trinajstić information content (AvgIpc) is 3.22. The number of nitrogens with zero attached hydrogens (tertiary/aromatic N) is 3. The number of rotatable bonds is 4. The fourth-order valence-corrected chi connectivity index (χ4v) is 4.17. The molecule has 1 amide bonds. The summed E-state index contributed by atoms with van der Waals surface area (Å²) in [6, 6.07) is 15.0. The molecule has 0 saturated carbocycles. The summed E-state index contributed by atoms with van der Waals surface area (Å²) in [5, 5.41) is 1.14. The van der Waals surface area contributed by atoms with Gasteiger partial charge in [-0.05, 0) is 67.6 Å². The van der Waals surface area contributed by atoms with Crippen LogP contribution in [0.4, 0.5) is 5.69 Å². The number of anilines is 1. The lowest BCUT2D eigenvalue weighted by Crippen LogP contribution is -2.23. The lowest BCUT2D eigenvalue weighted by atomic mass is 10.0. The maximum absolute atomic E-state index is 12.1. The van der Waals surface area contributed by atoms with Gasteiger partial charge in [0, 0.05) is 43.8 Å². The van der Waals surface area contributed by atoms with Gasteiger partial charge in [0.05, 0.1) is 17.6 Å². The van der Waals surface area contributed by atoms with E-state index < -0.39 is 0 Å². The Morgan fingerprint density at radius 3 is 2.45 bits per heavy atom. The van der Waals surface area contributed by atoms with Gasteiger partial charge in [0.1, 0.15) is 0 Å². The maximum atomic E-state index is 12.1. The molecule has 0 spiro atoms. The topological polar surface area (TPSA) is 36.4 Å².